The van der Waals surface area contributed by atoms with Crippen LogP contribution in [0.2, 0.25) is 0 Å². The second-order valence-electron chi connectivity index (χ2n) is 7.46. The topological polar surface area (TPSA) is 91.3 Å². The summed E-state index contributed by atoms with van der Waals surface area (Å²) in [6, 6.07) is 0. The lowest BCUT2D eigenvalue weighted by atomic mass is 10.1. The van der Waals surface area contributed by atoms with E-state index in [2.05, 4.69) is 13.8 Å². The van der Waals surface area contributed by atoms with Gasteiger partial charge in [-0.2, -0.15) is 0 Å². The molecule has 7 heteroatoms. The molecule has 0 heterocycles. The number of carboxylic acids is 1. The van der Waals surface area contributed by atoms with Gasteiger partial charge in [0.15, 0.2) is 0 Å². The van der Waals surface area contributed by atoms with Gasteiger partial charge in [0.1, 0.15) is 0 Å². The van der Waals surface area contributed by atoms with Gasteiger partial charge in [0.05, 0.1) is 13.2 Å². The van der Waals surface area contributed by atoms with Crippen LogP contribution in [0, 0.1) is 0 Å². The van der Waals surface area contributed by atoms with E-state index in [1.54, 1.807) is 13.8 Å². The van der Waals surface area contributed by atoms with Crippen molar-refractivity contribution in [1.29, 1.82) is 0 Å². The van der Waals surface area contributed by atoms with Crippen LogP contribution in [0.5, 0.6) is 0 Å². The van der Waals surface area contributed by atoms with Crippen LogP contribution in [-0.2, 0) is 28.5 Å². The lowest BCUT2D eigenvalue weighted by Crippen LogP contribution is -2.40. The number of unbranched alkanes of at least 4 members (excludes halogenated alkanes) is 7. The van der Waals surface area contributed by atoms with E-state index in [0.717, 1.165) is 57.8 Å². The molecule has 0 fully saturated rings. The Balaban J connectivity index is 4.07. The zero-order valence-corrected chi connectivity index (χ0v) is 18.9. The van der Waals surface area contributed by atoms with Gasteiger partial charge in [0, 0.05) is 19.8 Å². The van der Waals surface area contributed by atoms with E-state index in [1.165, 1.54) is 0 Å². The highest BCUT2D eigenvalue weighted by Crippen LogP contribution is 2.20. The number of carbonyl (C=O) groups is 2. The zero-order valence-electron chi connectivity index (χ0n) is 18.9. The Bertz CT molecular complexity index is 415. The summed E-state index contributed by atoms with van der Waals surface area (Å²) in [5.41, 5.74) is 0. The Morgan fingerprint density at radius 1 is 0.828 bits per heavy atom. The van der Waals surface area contributed by atoms with Crippen molar-refractivity contribution in [2.75, 3.05) is 13.2 Å². The van der Waals surface area contributed by atoms with E-state index in [9.17, 15) is 9.59 Å². The molecule has 0 spiro atoms. The third-order valence-electron chi connectivity index (χ3n) is 4.42. The fourth-order valence-corrected chi connectivity index (χ4v) is 2.74. The first kappa shape index (κ1) is 27.8. The van der Waals surface area contributed by atoms with Gasteiger partial charge in [-0.25, -0.2) is 0 Å². The van der Waals surface area contributed by atoms with Gasteiger partial charge in [-0.05, 0) is 32.6 Å². The molecular weight excluding hydrogens is 376 g/mol. The summed E-state index contributed by atoms with van der Waals surface area (Å²) in [5, 5.41) is 8.59. The molecule has 172 valence electrons. The van der Waals surface area contributed by atoms with Crippen LogP contribution < -0.4 is 0 Å². The second kappa shape index (κ2) is 17.7. The van der Waals surface area contributed by atoms with E-state index < -0.39 is 18.2 Å². The number of rotatable bonds is 20. The second-order valence-corrected chi connectivity index (χ2v) is 7.46. The van der Waals surface area contributed by atoms with E-state index in [-0.39, 0.29) is 12.4 Å². The smallest absolute Gasteiger partial charge is 0.308 e. The van der Waals surface area contributed by atoms with Crippen molar-refractivity contribution in [3.8, 4) is 0 Å². The van der Waals surface area contributed by atoms with Crippen molar-refractivity contribution in [3.63, 3.8) is 0 Å². The highest BCUT2D eigenvalue weighted by atomic mass is 16.9. The van der Waals surface area contributed by atoms with E-state index >= 15 is 0 Å². The number of ether oxygens (including phenoxy) is 4. The molecule has 0 rings (SSSR count). The summed E-state index contributed by atoms with van der Waals surface area (Å²) < 4.78 is 22.6. The molecule has 0 aliphatic heterocycles. The molecule has 0 saturated carbocycles. The van der Waals surface area contributed by atoms with Gasteiger partial charge in [0.2, 0.25) is 6.29 Å². The van der Waals surface area contributed by atoms with Crippen LogP contribution in [0.4, 0.5) is 0 Å². The first-order valence-electron chi connectivity index (χ1n) is 11.2. The molecular formula is C22H42O7. The van der Waals surface area contributed by atoms with Crippen LogP contribution in [-0.4, -0.2) is 42.5 Å². The lowest BCUT2D eigenvalue weighted by molar-refractivity contribution is -0.403. The quantitative estimate of drug-likeness (QED) is 0.161. The third-order valence-corrected chi connectivity index (χ3v) is 4.42. The number of hydrogen-bond acceptors (Lipinski definition) is 6. The first-order chi connectivity index (χ1) is 13.8. The molecule has 1 N–H and O–H groups in total. The minimum atomic E-state index is -1.22. The number of carboxylic acid groups (broad SMARTS) is 1. The number of aliphatic carboxylic acids is 1. The van der Waals surface area contributed by atoms with Crippen LogP contribution in [0.1, 0.15) is 105 Å². The molecule has 29 heavy (non-hydrogen) atoms. The maximum atomic E-state index is 12.0. The lowest BCUT2D eigenvalue weighted by Gasteiger charge is -2.32. The minimum absolute atomic E-state index is 0.230. The summed E-state index contributed by atoms with van der Waals surface area (Å²) in [4.78, 5) is 22.5. The molecule has 1 atom stereocenters. The van der Waals surface area contributed by atoms with Crippen LogP contribution >= 0.6 is 0 Å². The maximum Gasteiger partial charge on any atom is 0.308 e. The fourth-order valence-electron chi connectivity index (χ4n) is 2.74. The summed E-state index contributed by atoms with van der Waals surface area (Å²) >= 11 is 0. The van der Waals surface area contributed by atoms with Crippen molar-refractivity contribution >= 4 is 11.9 Å². The molecule has 0 aromatic rings. The molecule has 0 saturated heterocycles. The largest absolute Gasteiger partial charge is 0.481 e. The normalized spacial score (nSPS) is 12.7. The molecule has 0 aromatic carbocycles. The molecule has 0 aliphatic rings. The monoisotopic (exact) mass is 418 g/mol. The average Bonchev–Trinajstić information content (AvgIpc) is 2.63. The molecule has 7 nitrogen and oxygen atoms in total. The van der Waals surface area contributed by atoms with Crippen LogP contribution in [0.15, 0.2) is 0 Å². The van der Waals surface area contributed by atoms with Crippen molar-refractivity contribution in [2.24, 2.45) is 0 Å². The van der Waals surface area contributed by atoms with Gasteiger partial charge < -0.3 is 19.3 Å². The Morgan fingerprint density at radius 2 is 1.31 bits per heavy atom. The van der Waals surface area contributed by atoms with Gasteiger partial charge >= 0.3 is 11.9 Å². The Morgan fingerprint density at radius 3 is 1.79 bits per heavy atom. The predicted molar refractivity (Wildman–Crippen MR) is 111 cm³/mol. The van der Waals surface area contributed by atoms with Crippen molar-refractivity contribution in [1.82, 2.24) is 0 Å². The van der Waals surface area contributed by atoms with E-state index in [1.807, 2.05) is 0 Å². The third kappa shape index (κ3) is 17.4. The predicted octanol–water partition coefficient (Wildman–Crippen LogP) is 5.40. The van der Waals surface area contributed by atoms with Gasteiger partial charge in [0.25, 0.3) is 5.97 Å². The standard InChI is InChI=1S/C22H42O7/c1-5-7-17-26-22(4,27-18-8-6-2)29-19(3)28-21(25)16-14-12-10-9-11-13-15-20(23)24/h19H,5-18H2,1-4H3,(H,23,24). The Hall–Kier alpha value is -1.18. The van der Waals surface area contributed by atoms with Gasteiger partial charge in [-0.3, -0.25) is 14.3 Å². The SMILES string of the molecule is CCCCOC(C)(OCCCC)OC(C)OC(=O)CCCCCCCCC(=O)O. The molecule has 0 radical (unpaired) electrons. The minimum Gasteiger partial charge on any atom is -0.481 e. The summed E-state index contributed by atoms with van der Waals surface area (Å²) in [7, 11) is 0. The molecule has 1 unspecified atom stereocenters. The highest BCUT2D eigenvalue weighted by molar-refractivity contribution is 5.69. The zero-order chi connectivity index (χ0) is 22.0. The highest BCUT2D eigenvalue weighted by Gasteiger charge is 2.30. The number of carbonyl (C=O) groups excluding carboxylic acids is 1. The summed E-state index contributed by atoms with van der Waals surface area (Å²) in [6.07, 6.45) is 8.93. The Kier molecular flexibility index (Phi) is 16.9. The number of hydrogen-bond donors (Lipinski definition) is 1. The number of esters is 1. The summed E-state index contributed by atoms with van der Waals surface area (Å²) in [5.74, 6) is -2.26. The fraction of sp³-hybridized carbons (Fsp3) is 0.909. The van der Waals surface area contributed by atoms with E-state index in [4.69, 9.17) is 24.1 Å². The molecule has 0 aliphatic carbocycles. The van der Waals surface area contributed by atoms with Gasteiger partial charge in [-0.15, -0.1) is 0 Å². The van der Waals surface area contributed by atoms with Gasteiger partial charge in [-0.1, -0.05) is 52.4 Å². The molecule has 0 amide bonds. The first-order valence-corrected chi connectivity index (χ1v) is 11.2. The van der Waals surface area contributed by atoms with Crippen LogP contribution in [0.25, 0.3) is 0 Å². The molecule has 0 aromatic heterocycles. The van der Waals surface area contributed by atoms with Crippen molar-refractivity contribution in [3.05, 3.63) is 0 Å². The van der Waals surface area contributed by atoms with Crippen molar-refractivity contribution in [2.45, 2.75) is 117 Å². The molecule has 0 bridgehead atoms. The van der Waals surface area contributed by atoms with Crippen molar-refractivity contribution < 1.29 is 33.6 Å². The maximum absolute atomic E-state index is 12.0. The Labute approximate surface area is 176 Å². The average molecular weight is 419 g/mol. The van der Waals surface area contributed by atoms with Crippen LogP contribution in [0.3, 0.4) is 0 Å². The van der Waals surface area contributed by atoms with E-state index in [0.29, 0.717) is 26.1 Å². The summed E-state index contributed by atoms with van der Waals surface area (Å²) in [6.45, 7) is 8.59.